The predicted octanol–water partition coefficient (Wildman–Crippen LogP) is 3.97. The average molecular weight is 499 g/mol. The van der Waals surface area contributed by atoms with Crippen molar-refractivity contribution in [3.05, 3.63) is 112 Å². The van der Waals surface area contributed by atoms with Crippen LogP contribution in [0.3, 0.4) is 0 Å². The van der Waals surface area contributed by atoms with Crippen molar-refractivity contribution in [2.75, 3.05) is 14.2 Å². The lowest BCUT2D eigenvalue weighted by Gasteiger charge is -2.21. The summed E-state index contributed by atoms with van der Waals surface area (Å²) in [4.78, 5) is 43.4. The molecule has 1 atom stereocenters. The van der Waals surface area contributed by atoms with Crippen molar-refractivity contribution in [2.24, 2.45) is 0 Å². The lowest BCUT2D eigenvalue weighted by atomic mass is 10.1. The minimum atomic E-state index is -1.35. The number of aromatic nitrogens is 2. The highest BCUT2D eigenvalue weighted by Gasteiger charge is 2.29. The van der Waals surface area contributed by atoms with Crippen molar-refractivity contribution >= 4 is 11.9 Å². The molecule has 188 valence electrons. The summed E-state index contributed by atoms with van der Waals surface area (Å²) in [6, 6.07) is 27.7. The summed E-state index contributed by atoms with van der Waals surface area (Å²) in [5.74, 6) is -1.18. The molecular weight excluding hydrogens is 472 g/mol. The largest absolute Gasteiger partial charge is 0.469 e. The standard InChI is InChI=1S/C29H26N2O6/c1-35-25(32)19-24(29(34)36-2)37-27-23(18-20-12-6-3-7-13-20)28(33)31(22-16-10-5-11-17-22)26(30-27)21-14-8-4-9-15-21/h3-17,24H,18-19H2,1-2H3. The molecule has 0 spiro atoms. The van der Waals surface area contributed by atoms with E-state index in [0.29, 0.717) is 17.1 Å². The third-order valence-electron chi connectivity index (χ3n) is 5.71. The first kappa shape index (κ1) is 25.4. The SMILES string of the molecule is COC(=O)CC(Oc1nc(-c2ccccc2)n(-c2ccccc2)c(=O)c1Cc1ccccc1)C(=O)OC. The second-order valence-electron chi connectivity index (χ2n) is 8.13. The number of hydrogen-bond acceptors (Lipinski definition) is 7. The number of rotatable bonds is 9. The van der Waals surface area contributed by atoms with Gasteiger partial charge in [0.1, 0.15) is 0 Å². The van der Waals surface area contributed by atoms with Gasteiger partial charge in [0.05, 0.1) is 31.9 Å². The molecule has 1 heterocycles. The normalized spacial score (nSPS) is 11.4. The summed E-state index contributed by atoms with van der Waals surface area (Å²) in [7, 11) is 2.40. The van der Waals surface area contributed by atoms with Gasteiger partial charge in [-0.3, -0.25) is 14.2 Å². The summed E-state index contributed by atoms with van der Waals surface area (Å²) in [5.41, 5.74) is 2.01. The maximum atomic E-state index is 14.1. The molecule has 0 N–H and O–H groups in total. The van der Waals surface area contributed by atoms with Crippen LogP contribution in [0.1, 0.15) is 17.5 Å². The van der Waals surface area contributed by atoms with E-state index in [2.05, 4.69) is 0 Å². The molecule has 4 rings (SSSR count). The highest BCUT2D eigenvalue weighted by Crippen LogP contribution is 2.26. The van der Waals surface area contributed by atoms with Gasteiger partial charge in [-0.1, -0.05) is 78.9 Å². The van der Waals surface area contributed by atoms with Crippen LogP contribution in [0.15, 0.2) is 95.8 Å². The van der Waals surface area contributed by atoms with E-state index in [0.717, 1.165) is 5.56 Å². The average Bonchev–Trinajstić information content (AvgIpc) is 2.95. The van der Waals surface area contributed by atoms with Crippen LogP contribution in [-0.2, 0) is 25.5 Å². The van der Waals surface area contributed by atoms with Gasteiger partial charge in [0.15, 0.2) is 5.82 Å². The predicted molar refractivity (Wildman–Crippen MR) is 138 cm³/mol. The van der Waals surface area contributed by atoms with Crippen molar-refractivity contribution in [1.82, 2.24) is 9.55 Å². The lowest BCUT2D eigenvalue weighted by Crippen LogP contribution is -2.34. The van der Waals surface area contributed by atoms with Crippen LogP contribution in [0.25, 0.3) is 17.1 Å². The first-order valence-electron chi connectivity index (χ1n) is 11.6. The molecular formula is C29H26N2O6. The molecule has 0 radical (unpaired) electrons. The van der Waals surface area contributed by atoms with E-state index < -0.39 is 24.5 Å². The number of esters is 2. The zero-order valence-corrected chi connectivity index (χ0v) is 20.5. The molecule has 0 aliphatic carbocycles. The summed E-state index contributed by atoms with van der Waals surface area (Å²) < 4.78 is 17.1. The van der Waals surface area contributed by atoms with Gasteiger partial charge in [-0.05, 0) is 17.7 Å². The van der Waals surface area contributed by atoms with E-state index in [1.54, 1.807) is 0 Å². The molecule has 37 heavy (non-hydrogen) atoms. The maximum absolute atomic E-state index is 14.1. The molecule has 1 aromatic heterocycles. The van der Waals surface area contributed by atoms with Crippen molar-refractivity contribution in [2.45, 2.75) is 18.9 Å². The Morgan fingerprint density at radius 1 is 0.838 bits per heavy atom. The summed E-state index contributed by atoms with van der Waals surface area (Å²) in [6.07, 6.45) is -1.57. The Kier molecular flexibility index (Phi) is 8.10. The lowest BCUT2D eigenvalue weighted by molar-refractivity contribution is -0.155. The molecule has 1 unspecified atom stereocenters. The molecule has 3 aromatic carbocycles. The van der Waals surface area contributed by atoms with Gasteiger partial charge < -0.3 is 14.2 Å². The molecule has 8 nitrogen and oxygen atoms in total. The smallest absolute Gasteiger partial charge is 0.347 e. The quantitative estimate of drug-likeness (QED) is 0.322. The third kappa shape index (κ3) is 5.92. The molecule has 0 saturated carbocycles. The fourth-order valence-corrected chi connectivity index (χ4v) is 3.86. The molecule has 0 fully saturated rings. The number of para-hydroxylation sites is 1. The minimum absolute atomic E-state index is 0.0563. The number of methoxy groups -OCH3 is 2. The van der Waals surface area contributed by atoms with Crippen molar-refractivity contribution in [1.29, 1.82) is 0 Å². The van der Waals surface area contributed by atoms with E-state index in [-0.39, 0.29) is 23.4 Å². The van der Waals surface area contributed by atoms with Gasteiger partial charge >= 0.3 is 11.9 Å². The molecule has 4 aromatic rings. The van der Waals surface area contributed by atoms with Crippen LogP contribution < -0.4 is 10.3 Å². The highest BCUT2D eigenvalue weighted by molar-refractivity contribution is 5.82. The zero-order valence-electron chi connectivity index (χ0n) is 20.5. The number of carbonyl (C=O) groups is 2. The molecule has 0 aliphatic rings. The number of carbonyl (C=O) groups excluding carboxylic acids is 2. The van der Waals surface area contributed by atoms with Crippen LogP contribution in [0, 0.1) is 0 Å². The monoisotopic (exact) mass is 498 g/mol. The van der Waals surface area contributed by atoms with Crippen molar-refractivity contribution < 1.29 is 23.8 Å². The molecule has 0 aliphatic heterocycles. The van der Waals surface area contributed by atoms with Gasteiger partial charge in [-0.25, -0.2) is 4.79 Å². The van der Waals surface area contributed by atoms with Gasteiger partial charge in [0.25, 0.3) is 5.56 Å². The fraction of sp³-hybridized carbons (Fsp3) is 0.172. The molecule has 0 amide bonds. The highest BCUT2D eigenvalue weighted by atomic mass is 16.6. The van der Waals surface area contributed by atoms with E-state index in [1.807, 2.05) is 91.0 Å². The van der Waals surface area contributed by atoms with E-state index >= 15 is 0 Å². The van der Waals surface area contributed by atoms with Gasteiger partial charge in [-0.2, -0.15) is 4.98 Å². The Morgan fingerprint density at radius 2 is 1.43 bits per heavy atom. The first-order chi connectivity index (χ1) is 18.0. The second-order valence-corrected chi connectivity index (χ2v) is 8.13. The van der Waals surface area contributed by atoms with E-state index in [1.165, 1.54) is 18.8 Å². The van der Waals surface area contributed by atoms with Gasteiger partial charge in [0, 0.05) is 12.0 Å². The van der Waals surface area contributed by atoms with E-state index in [9.17, 15) is 14.4 Å². The molecule has 8 heteroatoms. The Bertz CT molecular complexity index is 1420. The van der Waals surface area contributed by atoms with Crippen LogP contribution in [0.5, 0.6) is 5.88 Å². The Morgan fingerprint density at radius 3 is 2.03 bits per heavy atom. The summed E-state index contributed by atoms with van der Waals surface area (Å²) in [6.45, 7) is 0. The number of hydrogen-bond donors (Lipinski definition) is 0. The fourth-order valence-electron chi connectivity index (χ4n) is 3.86. The van der Waals surface area contributed by atoms with Gasteiger partial charge in [-0.15, -0.1) is 0 Å². The minimum Gasteiger partial charge on any atom is -0.469 e. The Balaban J connectivity index is 1.95. The van der Waals surface area contributed by atoms with Crippen molar-refractivity contribution in [3.8, 4) is 23.0 Å². The number of ether oxygens (including phenoxy) is 3. The summed E-state index contributed by atoms with van der Waals surface area (Å²) in [5, 5.41) is 0. The first-order valence-corrected chi connectivity index (χ1v) is 11.6. The third-order valence-corrected chi connectivity index (χ3v) is 5.71. The maximum Gasteiger partial charge on any atom is 0.347 e. The Hall–Kier alpha value is -4.72. The van der Waals surface area contributed by atoms with E-state index in [4.69, 9.17) is 19.2 Å². The number of nitrogens with zero attached hydrogens (tertiary/aromatic N) is 2. The van der Waals surface area contributed by atoms with Gasteiger partial charge in [0.2, 0.25) is 12.0 Å². The van der Waals surface area contributed by atoms with Crippen LogP contribution in [0.4, 0.5) is 0 Å². The van der Waals surface area contributed by atoms with Crippen LogP contribution in [0.2, 0.25) is 0 Å². The zero-order chi connectivity index (χ0) is 26.2. The topological polar surface area (TPSA) is 96.7 Å². The second kappa shape index (κ2) is 11.8. The Labute approximate surface area is 214 Å². The van der Waals surface area contributed by atoms with Crippen molar-refractivity contribution in [3.63, 3.8) is 0 Å². The molecule has 0 saturated heterocycles. The number of benzene rings is 3. The van der Waals surface area contributed by atoms with Crippen LogP contribution >= 0.6 is 0 Å². The van der Waals surface area contributed by atoms with Crippen LogP contribution in [-0.4, -0.2) is 41.8 Å². The molecule has 0 bridgehead atoms. The summed E-state index contributed by atoms with van der Waals surface area (Å²) >= 11 is 0.